The third-order valence-electron chi connectivity index (χ3n) is 7.01. The van der Waals surface area contributed by atoms with Crippen molar-refractivity contribution in [2.75, 3.05) is 31.6 Å². The van der Waals surface area contributed by atoms with Gasteiger partial charge in [0.1, 0.15) is 17.0 Å². The molecule has 1 aliphatic carbocycles. The summed E-state index contributed by atoms with van der Waals surface area (Å²) in [7, 11) is -1.80. The van der Waals surface area contributed by atoms with Crippen molar-refractivity contribution in [3.05, 3.63) is 58.8 Å². The van der Waals surface area contributed by atoms with Gasteiger partial charge in [-0.2, -0.15) is 5.26 Å². The topological polar surface area (TPSA) is 136 Å². The van der Waals surface area contributed by atoms with Gasteiger partial charge in [-0.25, -0.2) is 17.7 Å². The average molecular weight is 510 g/mol. The minimum absolute atomic E-state index is 0.0130. The molecule has 0 bridgehead atoms. The number of aliphatic hydroxyl groups excluding tert-OH is 1. The van der Waals surface area contributed by atoms with Crippen LogP contribution >= 0.6 is 0 Å². The normalized spacial score (nSPS) is 20.4. The zero-order valence-corrected chi connectivity index (χ0v) is 20.7. The molecule has 3 heterocycles. The van der Waals surface area contributed by atoms with Crippen molar-refractivity contribution in [1.82, 2.24) is 14.6 Å². The van der Waals surface area contributed by atoms with E-state index in [9.17, 15) is 18.3 Å². The second kappa shape index (κ2) is 9.20. The van der Waals surface area contributed by atoms with E-state index in [0.717, 1.165) is 12.0 Å². The molecule has 1 unspecified atom stereocenters. The van der Waals surface area contributed by atoms with E-state index >= 15 is 0 Å². The van der Waals surface area contributed by atoms with Crippen molar-refractivity contribution >= 4 is 27.7 Å². The molecular formula is C25H27N5O5S. The summed E-state index contributed by atoms with van der Waals surface area (Å²) in [5.74, 6) is -0.214. The summed E-state index contributed by atoms with van der Waals surface area (Å²) in [6, 6.07) is 10.6. The summed E-state index contributed by atoms with van der Waals surface area (Å²) in [5.41, 5.74) is 2.64. The number of fused-ring (bicyclic) bond motifs is 1. The number of amides is 1. The van der Waals surface area contributed by atoms with Gasteiger partial charge in [-0.1, -0.05) is 12.1 Å². The van der Waals surface area contributed by atoms with Crippen LogP contribution in [0.25, 0.3) is 6.08 Å². The van der Waals surface area contributed by atoms with E-state index in [0.29, 0.717) is 42.7 Å². The van der Waals surface area contributed by atoms with Crippen LogP contribution in [0.15, 0.2) is 42.1 Å². The molecular weight excluding hydrogens is 482 g/mol. The van der Waals surface area contributed by atoms with Crippen LogP contribution in [0.5, 0.6) is 5.88 Å². The van der Waals surface area contributed by atoms with Crippen LogP contribution in [0, 0.1) is 11.3 Å². The van der Waals surface area contributed by atoms with E-state index in [1.807, 2.05) is 0 Å². The number of aliphatic hydroxyl groups is 1. The summed E-state index contributed by atoms with van der Waals surface area (Å²) < 4.78 is 32.4. The van der Waals surface area contributed by atoms with Crippen LogP contribution in [-0.4, -0.2) is 66.4 Å². The number of hydrogen-bond acceptors (Lipinski definition) is 8. The zero-order chi connectivity index (χ0) is 25.5. The average Bonchev–Trinajstić information content (AvgIpc) is 3.64. The molecule has 0 spiro atoms. The first-order valence-electron chi connectivity index (χ1n) is 11.8. The van der Waals surface area contributed by atoms with Gasteiger partial charge in [0.25, 0.3) is 5.91 Å². The number of benzene rings is 1. The molecule has 3 aliphatic rings. The van der Waals surface area contributed by atoms with Gasteiger partial charge in [-0.15, -0.1) is 0 Å². The maximum atomic E-state index is 12.9. The third kappa shape index (κ3) is 4.21. The minimum Gasteiger partial charge on any atom is -0.474 e. The molecule has 1 aromatic carbocycles. The third-order valence-corrected chi connectivity index (χ3v) is 9.68. The van der Waals surface area contributed by atoms with Gasteiger partial charge in [0.15, 0.2) is 6.23 Å². The van der Waals surface area contributed by atoms with Crippen LogP contribution < -0.4 is 15.0 Å². The SMILES string of the molecule is CN1c2c(ccnc2OCC2(S(=O)(=O)N3CCC3)CC2)C=C(C(=O)NCc2ccc(C#N)cc2)C1O. The number of nitrogens with one attached hydrogen (secondary N) is 1. The van der Waals surface area contributed by atoms with E-state index in [-0.39, 0.29) is 24.6 Å². The maximum absolute atomic E-state index is 12.9. The predicted octanol–water partition coefficient (Wildman–Crippen LogP) is 1.37. The Hall–Kier alpha value is -3.46. The summed E-state index contributed by atoms with van der Waals surface area (Å²) in [4.78, 5) is 18.7. The molecule has 1 atom stereocenters. The van der Waals surface area contributed by atoms with E-state index < -0.39 is 26.9 Å². The predicted molar refractivity (Wildman–Crippen MR) is 132 cm³/mol. The summed E-state index contributed by atoms with van der Waals surface area (Å²) in [6.07, 6.45) is 3.84. The van der Waals surface area contributed by atoms with Gasteiger partial charge in [0, 0.05) is 38.4 Å². The number of likely N-dealkylation sites (N-methyl/N-ethyl adjacent to an activating group) is 1. The lowest BCUT2D eigenvalue weighted by Gasteiger charge is -2.35. The molecule has 2 N–H and O–H groups in total. The number of pyridine rings is 1. The highest BCUT2D eigenvalue weighted by atomic mass is 32.2. The Bertz CT molecular complexity index is 1360. The van der Waals surface area contributed by atoms with Gasteiger partial charge < -0.3 is 20.1 Å². The van der Waals surface area contributed by atoms with Crippen molar-refractivity contribution in [1.29, 1.82) is 5.26 Å². The Morgan fingerprint density at radius 1 is 1.28 bits per heavy atom. The van der Waals surface area contributed by atoms with Crippen molar-refractivity contribution in [2.24, 2.45) is 0 Å². The highest BCUT2D eigenvalue weighted by Gasteiger charge is 2.58. The molecule has 2 aromatic rings. The molecule has 188 valence electrons. The number of aromatic nitrogens is 1. The Labute approximate surface area is 209 Å². The zero-order valence-electron chi connectivity index (χ0n) is 19.8. The van der Waals surface area contributed by atoms with Crippen molar-refractivity contribution in [3.63, 3.8) is 0 Å². The lowest BCUT2D eigenvalue weighted by Crippen LogP contribution is -2.49. The fraction of sp³-hybridized carbons (Fsp3) is 0.400. The van der Waals surface area contributed by atoms with Crippen LogP contribution in [0.3, 0.4) is 0 Å². The Morgan fingerprint density at radius 2 is 2.00 bits per heavy atom. The van der Waals surface area contributed by atoms with Crippen molar-refractivity contribution < 1.29 is 23.1 Å². The standard InChI is InChI=1S/C25H27N5O5S/c1-29-21-19(13-20(24(29)32)22(31)28-15-18-5-3-17(14-26)4-6-18)7-10-27-23(21)35-16-25(8-9-25)36(33,34)30-11-2-12-30/h3-7,10,13,24,32H,2,8-9,11-12,15-16H2,1H3,(H,28,31). The molecule has 10 nitrogen and oxygen atoms in total. The van der Waals surface area contributed by atoms with Gasteiger partial charge in [-0.3, -0.25) is 4.79 Å². The molecule has 1 amide bonds. The van der Waals surface area contributed by atoms with Gasteiger partial charge in [0.05, 0.1) is 17.2 Å². The number of sulfonamides is 1. The Morgan fingerprint density at radius 3 is 2.61 bits per heavy atom. The largest absolute Gasteiger partial charge is 0.474 e. The summed E-state index contributed by atoms with van der Waals surface area (Å²) in [5, 5.41) is 22.6. The molecule has 2 aliphatic heterocycles. The molecule has 11 heteroatoms. The molecule has 1 saturated heterocycles. The number of nitrogens with zero attached hydrogens (tertiary/aromatic N) is 4. The van der Waals surface area contributed by atoms with Gasteiger partial charge in [-0.05, 0) is 49.1 Å². The van der Waals surface area contributed by atoms with Crippen molar-refractivity contribution in [2.45, 2.75) is 36.8 Å². The minimum atomic E-state index is -3.42. The molecule has 2 fully saturated rings. The number of nitriles is 1. The smallest absolute Gasteiger partial charge is 0.252 e. The monoisotopic (exact) mass is 509 g/mol. The second-order valence-corrected chi connectivity index (χ2v) is 11.7. The number of ether oxygens (including phenoxy) is 1. The first-order chi connectivity index (χ1) is 17.3. The van der Waals surface area contributed by atoms with Crippen LogP contribution in [0.2, 0.25) is 0 Å². The number of hydrogen-bond donors (Lipinski definition) is 2. The van der Waals surface area contributed by atoms with E-state index in [4.69, 9.17) is 10.00 Å². The van der Waals surface area contributed by atoms with Crippen LogP contribution in [0.1, 0.15) is 36.0 Å². The number of rotatable bonds is 8. The van der Waals surface area contributed by atoms with Crippen molar-refractivity contribution in [3.8, 4) is 11.9 Å². The van der Waals surface area contributed by atoms with Gasteiger partial charge >= 0.3 is 0 Å². The van der Waals surface area contributed by atoms with E-state index in [1.165, 1.54) is 15.4 Å². The first-order valence-corrected chi connectivity index (χ1v) is 13.2. The summed E-state index contributed by atoms with van der Waals surface area (Å²) >= 11 is 0. The lowest BCUT2D eigenvalue weighted by atomic mass is 10.0. The Kier molecular flexibility index (Phi) is 6.20. The highest BCUT2D eigenvalue weighted by Crippen LogP contribution is 2.47. The second-order valence-electron chi connectivity index (χ2n) is 9.36. The van der Waals surface area contributed by atoms with E-state index in [2.05, 4.69) is 16.4 Å². The Balaban J connectivity index is 1.31. The molecule has 5 rings (SSSR count). The first kappa shape index (κ1) is 24.2. The summed E-state index contributed by atoms with van der Waals surface area (Å²) in [6.45, 7) is 1.34. The highest BCUT2D eigenvalue weighted by molar-refractivity contribution is 7.90. The fourth-order valence-electron chi connectivity index (χ4n) is 4.38. The molecule has 0 radical (unpaired) electrons. The fourth-order valence-corrected chi connectivity index (χ4v) is 6.49. The number of anilines is 1. The number of carbonyl (C=O) groups is 1. The van der Waals surface area contributed by atoms with Crippen LogP contribution in [-0.2, 0) is 21.4 Å². The van der Waals surface area contributed by atoms with E-state index in [1.54, 1.807) is 43.5 Å². The molecule has 1 aromatic heterocycles. The van der Waals surface area contributed by atoms with Crippen LogP contribution in [0.4, 0.5) is 5.69 Å². The molecule has 1 saturated carbocycles. The quantitative estimate of drug-likeness (QED) is 0.545. The molecule has 36 heavy (non-hydrogen) atoms. The van der Waals surface area contributed by atoms with Gasteiger partial charge in [0.2, 0.25) is 15.9 Å². The lowest BCUT2D eigenvalue weighted by molar-refractivity contribution is -0.118. The maximum Gasteiger partial charge on any atom is 0.252 e. The number of carbonyl (C=O) groups excluding carboxylic acids is 1.